The second-order valence-electron chi connectivity index (χ2n) is 1.68. The van der Waals surface area contributed by atoms with E-state index < -0.39 is 12.1 Å². The first-order chi connectivity index (χ1) is 3.66. The smallest absolute Gasteiger partial charge is 0.220 e. The number of alkyl halides is 1. The molecule has 0 aromatic carbocycles. The van der Waals surface area contributed by atoms with Crippen molar-refractivity contribution >= 4 is 5.91 Å². The third-order valence-corrected chi connectivity index (χ3v) is 0.866. The molecule has 0 aromatic heterocycles. The van der Waals surface area contributed by atoms with Gasteiger partial charge in [-0.05, 0) is 6.42 Å². The molecule has 2 N–H and O–H groups in total. The molecule has 0 bridgehead atoms. The van der Waals surface area contributed by atoms with Crippen molar-refractivity contribution in [1.29, 1.82) is 0 Å². The van der Waals surface area contributed by atoms with Gasteiger partial charge in [0.1, 0.15) is 6.17 Å². The monoisotopic (exact) mass is 119 g/mol. The third kappa shape index (κ3) is 3.59. The minimum Gasteiger partial charge on any atom is -0.370 e. The van der Waals surface area contributed by atoms with Crippen LogP contribution < -0.4 is 5.73 Å². The molecule has 8 heavy (non-hydrogen) atoms. The Balaban J connectivity index is 3.24. The number of hydrogen-bond donors (Lipinski definition) is 1. The first-order valence-electron chi connectivity index (χ1n) is 2.59. The molecule has 0 aromatic rings. The topological polar surface area (TPSA) is 43.1 Å². The normalized spacial score (nSPS) is 13.2. The fourth-order valence-corrected chi connectivity index (χ4v) is 0.363. The van der Waals surface area contributed by atoms with Crippen LogP contribution in [0.5, 0.6) is 0 Å². The highest BCUT2D eigenvalue weighted by Crippen LogP contribution is 1.99. The number of carbonyl (C=O) groups excluding carboxylic acids is 1. The Bertz CT molecular complexity index is 84.5. The maximum Gasteiger partial charge on any atom is 0.220 e. The van der Waals surface area contributed by atoms with E-state index in [0.29, 0.717) is 6.42 Å². The number of amides is 1. The van der Waals surface area contributed by atoms with Gasteiger partial charge in [-0.2, -0.15) is 0 Å². The van der Waals surface area contributed by atoms with Crippen molar-refractivity contribution in [3.8, 4) is 0 Å². The molecule has 0 heterocycles. The van der Waals surface area contributed by atoms with Gasteiger partial charge in [-0.15, -0.1) is 0 Å². The maximum atomic E-state index is 12.1. The zero-order valence-electron chi connectivity index (χ0n) is 4.86. The molecule has 0 aliphatic heterocycles. The first kappa shape index (κ1) is 7.40. The van der Waals surface area contributed by atoms with E-state index in [2.05, 4.69) is 0 Å². The van der Waals surface area contributed by atoms with Gasteiger partial charge in [-0.1, -0.05) is 6.92 Å². The largest absolute Gasteiger partial charge is 0.370 e. The van der Waals surface area contributed by atoms with Crippen molar-refractivity contribution in [3.05, 3.63) is 0 Å². The number of nitrogens with two attached hydrogens (primary N) is 1. The van der Waals surface area contributed by atoms with Gasteiger partial charge in [-0.25, -0.2) is 4.39 Å². The summed E-state index contributed by atoms with van der Waals surface area (Å²) in [5.41, 5.74) is 4.69. The van der Waals surface area contributed by atoms with E-state index in [1.165, 1.54) is 0 Å². The summed E-state index contributed by atoms with van der Waals surface area (Å²) in [6, 6.07) is 0. The highest BCUT2D eigenvalue weighted by Gasteiger charge is 2.05. The fourth-order valence-electron chi connectivity index (χ4n) is 0.363. The van der Waals surface area contributed by atoms with Gasteiger partial charge in [0.2, 0.25) is 5.91 Å². The summed E-state index contributed by atoms with van der Waals surface area (Å²) in [6.07, 6.45) is -0.827. The molecule has 0 aliphatic rings. The van der Waals surface area contributed by atoms with Crippen LogP contribution in [0.15, 0.2) is 0 Å². The second-order valence-corrected chi connectivity index (χ2v) is 1.68. The Morgan fingerprint density at radius 2 is 2.38 bits per heavy atom. The lowest BCUT2D eigenvalue weighted by molar-refractivity contribution is -0.119. The van der Waals surface area contributed by atoms with E-state index in [0.717, 1.165) is 0 Å². The number of halogens is 1. The van der Waals surface area contributed by atoms with Crippen LogP contribution in [-0.2, 0) is 4.79 Å². The zero-order chi connectivity index (χ0) is 6.57. The second kappa shape index (κ2) is 3.41. The third-order valence-electron chi connectivity index (χ3n) is 0.866. The summed E-state index contributed by atoms with van der Waals surface area (Å²) < 4.78 is 12.1. The van der Waals surface area contributed by atoms with Crippen molar-refractivity contribution in [1.82, 2.24) is 0 Å². The minimum atomic E-state index is -1.05. The van der Waals surface area contributed by atoms with Gasteiger partial charge in [0.05, 0.1) is 6.42 Å². The van der Waals surface area contributed by atoms with Crippen molar-refractivity contribution in [2.75, 3.05) is 0 Å². The van der Waals surface area contributed by atoms with Crippen LogP contribution in [-0.4, -0.2) is 12.1 Å². The molecule has 1 amide bonds. The summed E-state index contributed by atoms with van der Waals surface area (Å²) in [5.74, 6) is -0.570. The molecule has 0 aliphatic carbocycles. The van der Waals surface area contributed by atoms with Crippen LogP contribution in [0.4, 0.5) is 4.39 Å². The van der Waals surface area contributed by atoms with Crippen LogP contribution >= 0.6 is 0 Å². The molecular formula is C5H10FNO. The molecule has 0 rings (SSSR count). The lowest BCUT2D eigenvalue weighted by Gasteiger charge is -1.97. The Hall–Kier alpha value is -0.600. The lowest BCUT2D eigenvalue weighted by atomic mass is 10.2. The number of carbonyl (C=O) groups is 1. The van der Waals surface area contributed by atoms with Crippen molar-refractivity contribution in [2.45, 2.75) is 25.9 Å². The summed E-state index contributed by atoms with van der Waals surface area (Å²) in [5, 5.41) is 0. The van der Waals surface area contributed by atoms with Crippen LogP contribution in [0.1, 0.15) is 19.8 Å². The molecule has 2 nitrogen and oxygen atoms in total. The van der Waals surface area contributed by atoms with E-state index >= 15 is 0 Å². The SMILES string of the molecule is CC[C@H](F)CC(N)=O. The molecule has 0 saturated carbocycles. The van der Waals surface area contributed by atoms with Crippen LogP contribution in [0, 0.1) is 0 Å². The van der Waals surface area contributed by atoms with Crippen LogP contribution in [0.3, 0.4) is 0 Å². The van der Waals surface area contributed by atoms with E-state index in [9.17, 15) is 9.18 Å². The summed E-state index contributed by atoms with van der Waals surface area (Å²) in [6.45, 7) is 1.67. The molecule has 0 fully saturated rings. The fraction of sp³-hybridized carbons (Fsp3) is 0.800. The number of primary amides is 1. The molecule has 1 atom stereocenters. The predicted molar refractivity (Wildman–Crippen MR) is 29.0 cm³/mol. The van der Waals surface area contributed by atoms with Crippen LogP contribution in [0.2, 0.25) is 0 Å². The van der Waals surface area contributed by atoms with E-state index in [4.69, 9.17) is 5.73 Å². The average molecular weight is 119 g/mol. The van der Waals surface area contributed by atoms with Gasteiger partial charge in [0, 0.05) is 0 Å². The minimum absolute atomic E-state index is 0.142. The molecule has 0 spiro atoms. The Kier molecular flexibility index (Phi) is 3.15. The van der Waals surface area contributed by atoms with Gasteiger partial charge >= 0.3 is 0 Å². The quantitative estimate of drug-likeness (QED) is 0.581. The molecule has 3 heteroatoms. The van der Waals surface area contributed by atoms with E-state index in [1.54, 1.807) is 6.92 Å². The molecule has 0 radical (unpaired) electrons. The van der Waals surface area contributed by atoms with Gasteiger partial charge < -0.3 is 5.73 Å². The lowest BCUT2D eigenvalue weighted by Crippen LogP contribution is -2.16. The zero-order valence-corrected chi connectivity index (χ0v) is 4.86. The van der Waals surface area contributed by atoms with E-state index in [1.807, 2.05) is 0 Å². The first-order valence-corrected chi connectivity index (χ1v) is 2.59. The van der Waals surface area contributed by atoms with E-state index in [-0.39, 0.29) is 6.42 Å². The van der Waals surface area contributed by atoms with Crippen LogP contribution in [0.25, 0.3) is 0 Å². The van der Waals surface area contributed by atoms with Gasteiger partial charge in [0.25, 0.3) is 0 Å². The van der Waals surface area contributed by atoms with Crippen molar-refractivity contribution in [3.63, 3.8) is 0 Å². The maximum absolute atomic E-state index is 12.1. The summed E-state index contributed by atoms with van der Waals surface area (Å²) >= 11 is 0. The summed E-state index contributed by atoms with van der Waals surface area (Å²) in [4.78, 5) is 9.95. The van der Waals surface area contributed by atoms with Crippen molar-refractivity contribution < 1.29 is 9.18 Å². The Labute approximate surface area is 47.9 Å². The van der Waals surface area contributed by atoms with Crippen molar-refractivity contribution in [2.24, 2.45) is 5.73 Å². The predicted octanol–water partition coefficient (Wildman–Crippen LogP) is 0.610. The average Bonchev–Trinajstić information content (AvgIpc) is 1.65. The number of hydrogen-bond acceptors (Lipinski definition) is 1. The highest BCUT2D eigenvalue weighted by atomic mass is 19.1. The standard InChI is InChI=1S/C5H10FNO/c1-2-4(6)3-5(7)8/h4H,2-3H2,1H3,(H2,7,8)/t4-/m0/s1. The molecular weight excluding hydrogens is 109 g/mol. The van der Waals surface area contributed by atoms with Gasteiger partial charge in [0.15, 0.2) is 0 Å². The molecule has 0 saturated heterocycles. The summed E-state index contributed by atoms with van der Waals surface area (Å²) in [7, 11) is 0. The molecule has 48 valence electrons. The van der Waals surface area contributed by atoms with Gasteiger partial charge in [-0.3, -0.25) is 4.79 Å². The number of rotatable bonds is 3. The Morgan fingerprint density at radius 1 is 1.88 bits per heavy atom. The Morgan fingerprint density at radius 3 is 2.50 bits per heavy atom. The highest BCUT2D eigenvalue weighted by molar-refractivity contribution is 5.74. The molecule has 0 unspecified atom stereocenters.